The highest BCUT2D eigenvalue weighted by atomic mass is 35.5. The number of hydrogen-bond acceptors (Lipinski definition) is 4. The van der Waals surface area contributed by atoms with Gasteiger partial charge in [-0.3, -0.25) is 5.10 Å². The third-order valence-corrected chi connectivity index (χ3v) is 3.76. The zero-order valence-corrected chi connectivity index (χ0v) is 13.6. The van der Waals surface area contributed by atoms with Gasteiger partial charge in [-0.05, 0) is 30.4 Å². The highest BCUT2D eigenvalue weighted by Gasteiger charge is 2.04. The maximum atomic E-state index is 6.14. The van der Waals surface area contributed by atoms with E-state index in [0.717, 1.165) is 11.1 Å². The lowest BCUT2D eigenvalue weighted by molar-refractivity contribution is 0.306. The second-order valence-electron chi connectivity index (χ2n) is 4.67. The summed E-state index contributed by atoms with van der Waals surface area (Å²) in [5.74, 6) is 0.714. The maximum absolute atomic E-state index is 6.14. The molecule has 0 spiro atoms. The van der Waals surface area contributed by atoms with E-state index in [4.69, 9.17) is 28.6 Å². The number of H-pyrrole nitrogens is 1. The third-order valence-electron chi connectivity index (χ3n) is 3.12. The summed E-state index contributed by atoms with van der Waals surface area (Å²) in [6, 6.07) is 15.2. The molecule has 1 aromatic heterocycles. The normalized spacial score (nSPS) is 11.0. The van der Waals surface area contributed by atoms with E-state index in [1.165, 1.54) is 11.0 Å². The lowest BCUT2D eigenvalue weighted by Gasteiger charge is -2.10. The van der Waals surface area contributed by atoms with E-state index in [1.807, 2.05) is 48.5 Å². The van der Waals surface area contributed by atoms with Crippen LogP contribution in [0.5, 0.6) is 5.75 Å². The van der Waals surface area contributed by atoms with Gasteiger partial charge in [0.2, 0.25) is 4.77 Å². The summed E-state index contributed by atoms with van der Waals surface area (Å²) in [7, 11) is 0. The fraction of sp³-hybridized carbons (Fsp3) is 0.0625. The molecule has 0 radical (unpaired) electrons. The topological polar surface area (TPSA) is 55.2 Å². The first-order chi connectivity index (χ1) is 11.2. The molecule has 116 valence electrons. The van der Waals surface area contributed by atoms with Crippen LogP contribution in [0.25, 0.3) is 0 Å². The molecule has 0 aliphatic heterocycles. The number of nitrogens with one attached hydrogen (secondary N) is 1. The van der Waals surface area contributed by atoms with Crippen molar-refractivity contribution in [2.45, 2.75) is 6.61 Å². The van der Waals surface area contributed by atoms with Gasteiger partial charge < -0.3 is 4.74 Å². The molecule has 3 aromatic rings. The summed E-state index contributed by atoms with van der Waals surface area (Å²) in [6.07, 6.45) is 3.18. The SMILES string of the molecule is S=c1[nH]ncn1/N=C\c1ccccc1OCc1ccccc1Cl. The zero-order chi connectivity index (χ0) is 16.1. The van der Waals surface area contributed by atoms with Crippen molar-refractivity contribution in [1.82, 2.24) is 14.9 Å². The van der Waals surface area contributed by atoms with E-state index < -0.39 is 0 Å². The summed E-state index contributed by atoms with van der Waals surface area (Å²) in [5.41, 5.74) is 1.76. The molecule has 0 saturated carbocycles. The number of ether oxygens (including phenoxy) is 1. The van der Waals surface area contributed by atoms with Crippen molar-refractivity contribution in [3.05, 3.63) is 75.8 Å². The molecule has 23 heavy (non-hydrogen) atoms. The highest BCUT2D eigenvalue weighted by molar-refractivity contribution is 7.71. The van der Waals surface area contributed by atoms with E-state index in [1.54, 1.807) is 6.21 Å². The Morgan fingerprint density at radius 2 is 2.00 bits per heavy atom. The smallest absolute Gasteiger partial charge is 0.216 e. The molecule has 2 aromatic carbocycles. The lowest BCUT2D eigenvalue weighted by Crippen LogP contribution is -1.99. The average Bonchev–Trinajstić information content (AvgIpc) is 2.98. The van der Waals surface area contributed by atoms with Gasteiger partial charge in [0.1, 0.15) is 18.7 Å². The summed E-state index contributed by atoms with van der Waals surface area (Å²) >= 11 is 11.2. The van der Waals surface area contributed by atoms with Gasteiger partial charge in [-0.1, -0.05) is 41.9 Å². The lowest BCUT2D eigenvalue weighted by atomic mass is 10.2. The molecular weight excluding hydrogens is 332 g/mol. The van der Waals surface area contributed by atoms with Crippen molar-refractivity contribution in [3.8, 4) is 5.75 Å². The summed E-state index contributed by atoms with van der Waals surface area (Å²) in [6.45, 7) is 0.385. The van der Waals surface area contributed by atoms with Crippen LogP contribution < -0.4 is 4.74 Å². The molecule has 7 heteroatoms. The van der Waals surface area contributed by atoms with Gasteiger partial charge in [-0.25, -0.2) is 0 Å². The van der Waals surface area contributed by atoms with Gasteiger partial charge in [0.05, 0.1) is 6.21 Å². The maximum Gasteiger partial charge on any atom is 0.216 e. The first-order valence-corrected chi connectivity index (χ1v) is 7.64. The van der Waals surface area contributed by atoms with Crippen LogP contribution in [0.4, 0.5) is 0 Å². The van der Waals surface area contributed by atoms with Crippen LogP contribution in [-0.2, 0) is 6.61 Å². The number of hydrogen-bond donors (Lipinski definition) is 1. The van der Waals surface area contributed by atoms with Crippen molar-refractivity contribution in [2.75, 3.05) is 0 Å². The number of rotatable bonds is 5. The average molecular weight is 345 g/mol. The van der Waals surface area contributed by atoms with Crippen molar-refractivity contribution < 1.29 is 4.74 Å². The monoisotopic (exact) mass is 344 g/mol. The van der Waals surface area contributed by atoms with E-state index in [0.29, 0.717) is 22.2 Å². The first kappa shape index (κ1) is 15.5. The Hall–Kier alpha value is -2.44. The molecule has 0 unspecified atom stereocenters. The van der Waals surface area contributed by atoms with Crippen molar-refractivity contribution in [1.29, 1.82) is 0 Å². The van der Waals surface area contributed by atoms with Gasteiger partial charge in [0, 0.05) is 16.1 Å². The van der Waals surface area contributed by atoms with E-state index in [2.05, 4.69) is 15.3 Å². The molecule has 1 N–H and O–H groups in total. The molecule has 5 nitrogen and oxygen atoms in total. The first-order valence-electron chi connectivity index (χ1n) is 6.85. The second kappa shape index (κ2) is 7.21. The summed E-state index contributed by atoms with van der Waals surface area (Å²) < 4.78 is 7.77. The minimum Gasteiger partial charge on any atom is -0.488 e. The highest BCUT2D eigenvalue weighted by Crippen LogP contribution is 2.21. The standard InChI is InChI=1S/C16H13ClN4OS/c17-14-7-3-1-6-13(14)10-22-15-8-4-2-5-12(15)9-19-21-11-18-20-16(21)23/h1-9,11H,10H2,(H,20,23)/b19-9-. The minimum atomic E-state index is 0.385. The molecule has 0 aliphatic carbocycles. The van der Waals surface area contributed by atoms with Crippen LogP contribution in [0.1, 0.15) is 11.1 Å². The molecule has 0 aliphatic rings. The van der Waals surface area contributed by atoms with Gasteiger partial charge >= 0.3 is 0 Å². The van der Waals surface area contributed by atoms with Gasteiger partial charge in [-0.15, -0.1) is 0 Å². The minimum absolute atomic E-state index is 0.385. The number of aromatic nitrogens is 3. The van der Waals surface area contributed by atoms with Crippen LogP contribution >= 0.6 is 23.8 Å². The van der Waals surface area contributed by atoms with E-state index in [-0.39, 0.29) is 0 Å². The van der Waals surface area contributed by atoms with Gasteiger partial charge in [0.15, 0.2) is 0 Å². The van der Waals surface area contributed by atoms with E-state index >= 15 is 0 Å². The Morgan fingerprint density at radius 1 is 1.22 bits per heavy atom. The second-order valence-corrected chi connectivity index (χ2v) is 5.46. The summed E-state index contributed by atoms with van der Waals surface area (Å²) in [4.78, 5) is 0. The number of benzene rings is 2. The fourth-order valence-electron chi connectivity index (χ4n) is 1.94. The van der Waals surface area contributed by atoms with Crippen LogP contribution in [0.15, 0.2) is 60.0 Å². The molecular formula is C16H13ClN4OS. The number of para-hydroxylation sites is 1. The van der Waals surface area contributed by atoms with Crippen LogP contribution in [0, 0.1) is 4.77 Å². The van der Waals surface area contributed by atoms with Crippen molar-refractivity contribution >= 4 is 30.0 Å². The van der Waals surface area contributed by atoms with Crippen LogP contribution in [0.3, 0.4) is 0 Å². The Morgan fingerprint density at radius 3 is 2.78 bits per heavy atom. The predicted molar refractivity (Wildman–Crippen MR) is 92.6 cm³/mol. The van der Waals surface area contributed by atoms with Crippen LogP contribution in [-0.4, -0.2) is 21.1 Å². The molecule has 0 atom stereocenters. The number of nitrogens with zero attached hydrogens (tertiary/aromatic N) is 3. The molecule has 1 heterocycles. The molecule has 0 amide bonds. The van der Waals surface area contributed by atoms with Crippen LogP contribution in [0.2, 0.25) is 5.02 Å². The Labute approximate surface area is 143 Å². The fourth-order valence-corrected chi connectivity index (χ4v) is 2.28. The zero-order valence-electron chi connectivity index (χ0n) is 12.0. The Balaban J connectivity index is 1.78. The molecule has 0 fully saturated rings. The Bertz CT molecular complexity index is 887. The van der Waals surface area contributed by atoms with Gasteiger partial charge in [-0.2, -0.15) is 14.9 Å². The molecule has 3 rings (SSSR count). The van der Waals surface area contributed by atoms with Crippen molar-refractivity contribution in [3.63, 3.8) is 0 Å². The quantitative estimate of drug-likeness (QED) is 0.561. The molecule has 0 bridgehead atoms. The number of aromatic amines is 1. The summed E-state index contributed by atoms with van der Waals surface area (Å²) in [5, 5.41) is 11.4. The largest absolute Gasteiger partial charge is 0.488 e. The van der Waals surface area contributed by atoms with E-state index in [9.17, 15) is 0 Å². The Kier molecular flexibility index (Phi) is 4.85. The third kappa shape index (κ3) is 3.85. The van der Waals surface area contributed by atoms with Gasteiger partial charge in [0.25, 0.3) is 0 Å². The molecule has 0 saturated heterocycles. The predicted octanol–water partition coefficient (Wildman–Crippen LogP) is 4.06. The number of halogens is 1. The van der Waals surface area contributed by atoms with Crippen molar-refractivity contribution in [2.24, 2.45) is 5.10 Å².